The molecule has 0 bridgehead atoms. The van der Waals surface area contributed by atoms with Crippen LogP contribution in [0.5, 0.6) is 0 Å². The van der Waals surface area contributed by atoms with Crippen molar-refractivity contribution in [1.29, 1.82) is 0 Å². The Kier molecular flexibility index (Phi) is 4.83. The maximum absolute atomic E-state index is 10.3. The fourth-order valence-corrected chi connectivity index (χ4v) is 0.672. The van der Waals surface area contributed by atoms with Crippen molar-refractivity contribution >= 4 is 11.7 Å². The van der Waals surface area contributed by atoms with Crippen molar-refractivity contribution < 1.29 is 9.90 Å². The Morgan fingerprint density at radius 1 is 1.73 bits per heavy atom. The van der Waals surface area contributed by atoms with E-state index in [2.05, 4.69) is 10.9 Å². The number of hydrogen-bond donors (Lipinski definition) is 1. The largest absolute Gasteiger partial charge is 0.477 e. The number of unbranched alkanes of at least 4 members (excludes halogenated alkanes) is 1. The molecule has 0 fully saturated rings. The lowest BCUT2D eigenvalue weighted by atomic mass is 10.2. The van der Waals surface area contributed by atoms with Gasteiger partial charge in [-0.1, -0.05) is 0 Å². The number of aliphatic carboxylic acids is 1. The summed E-state index contributed by atoms with van der Waals surface area (Å²) >= 11 is 0. The first kappa shape index (κ1) is 9.70. The number of carbonyl (C=O) groups is 1. The third-order valence-corrected chi connectivity index (χ3v) is 1.25. The number of hydrogen-bond acceptors (Lipinski definition) is 2. The van der Waals surface area contributed by atoms with Crippen LogP contribution in [0.2, 0.25) is 0 Å². The Labute approximate surface area is 66.1 Å². The molecule has 11 heavy (non-hydrogen) atoms. The van der Waals surface area contributed by atoms with Gasteiger partial charge in [-0.25, -0.2) is 4.79 Å². The molecule has 0 saturated carbocycles. The maximum atomic E-state index is 10.3. The van der Waals surface area contributed by atoms with Crippen LogP contribution in [0.3, 0.4) is 0 Å². The van der Waals surface area contributed by atoms with E-state index in [4.69, 9.17) is 11.5 Å². The minimum absolute atomic E-state index is 0.195. The molecule has 0 aromatic rings. The summed E-state index contributed by atoms with van der Waals surface area (Å²) in [6.45, 7) is 0. The molecule has 0 aliphatic carbocycles. The number of carboxylic acids is 1. The van der Waals surface area contributed by atoms with E-state index in [1.54, 1.807) is 0 Å². The van der Waals surface area contributed by atoms with Crippen LogP contribution in [0.25, 0.3) is 0 Å². The molecule has 0 amide bonds. The molecule has 0 rings (SSSR count). The number of terminal acetylenes is 1. The standard InChI is InChI=1S/C8H11NO2/c1-3-4-5-6-7(9-2)8(10)11/h1H,4-6H2,2H3,(H,10,11). The van der Waals surface area contributed by atoms with Crippen LogP contribution < -0.4 is 0 Å². The van der Waals surface area contributed by atoms with E-state index in [9.17, 15) is 4.79 Å². The number of nitrogens with zero attached hydrogens (tertiary/aromatic N) is 1. The summed E-state index contributed by atoms with van der Waals surface area (Å²) in [6.07, 6.45) is 6.74. The number of rotatable bonds is 4. The van der Waals surface area contributed by atoms with Crippen molar-refractivity contribution in [3.8, 4) is 12.3 Å². The van der Waals surface area contributed by atoms with Gasteiger partial charge in [0.15, 0.2) is 0 Å². The average Bonchev–Trinajstić information content (AvgIpc) is 1.97. The predicted octanol–water partition coefficient (Wildman–Crippen LogP) is 0.945. The second-order valence-electron chi connectivity index (χ2n) is 2.03. The predicted molar refractivity (Wildman–Crippen MR) is 43.7 cm³/mol. The molecule has 0 aromatic carbocycles. The van der Waals surface area contributed by atoms with E-state index in [-0.39, 0.29) is 5.71 Å². The highest BCUT2D eigenvalue weighted by molar-refractivity contribution is 6.35. The van der Waals surface area contributed by atoms with Gasteiger partial charge in [0.25, 0.3) is 0 Å². The van der Waals surface area contributed by atoms with Gasteiger partial charge in [-0.2, -0.15) is 0 Å². The highest BCUT2D eigenvalue weighted by Gasteiger charge is 2.05. The summed E-state index contributed by atoms with van der Waals surface area (Å²) < 4.78 is 0. The van der Waals surface area contributed by atoms with E-state index in [1.165, 1.54) is 7.05 Å². The molecule has 0 unspecified atom stereocenters. The second-order valence-corrected chi connectivity index (χ2v) is 2.03. The quantitative estimate of drug-likeness (QED) is 0.371. The summed E-state index contributed by atoms with van der Waals surface area (Å²) in [7, 11) is 1.47. The van der Waals surface area contributed by atoms with Gasteiger partial charge in [-0.05, 0) is 12.8 Å². The lowest BCUT2D eigenvalue weighted by molar-refractivity contribution is -0.129. The molecule has 0 radical (unpaired) electrons. The molecule has 0 saturated heterocycles. The molecule has 60 valence electrons. The smallest absolute Gasteiger partial charge is 0.349 e. The van der Waals surface area contributed by atoms with Gasteiger partial charge in [0, 0.05) is 13.5 Å². The molecule has 1 N–H and O–H groups in total. The van der Waals surface area contributed by atoms with Gasteiger partial charge in [0.05, 0.1) is 0 Å². The SMILES string of the molecule is C#CCCCC(=NC)C(=O)O. The van der Waals surface area contributed by atoms with Crippen molar-refractivity contribution in [1.82, 2.24) is 0 Å². The summed E-state index contributed by atoms with van der Waals surface area (Å²) in [6, 6.07) is 0. The van der Waals surface area contributed by atoms with E-state index in [1.807, 2.05) is 0 Å². The van der Waals surface area contributed by atoms with E-state index < -0.39 is 5.97 Å². The Balaban J connectivity index is 3.75. The van der Waals surface area contributed by atoms with Gasteiger partial charge in [0.2, 0.25) is 0 Å². The zero-order valence-electron chi connectivity index (χ0n) is 6.50. The van der Waals surface area contributed by atoms with Gasteiger partial charge in [-0.15, -0.1) is 12.3 Å². The first-order chi connectivity index (χ1) is 5.22. The summed E-state index contributed by atoms with van der Waals surface area (Å²) in [5, 5.41) is 8.49. The van der Waals surface area contributed by atoms with Crippen LogP contribution in [-0.2, 0) is 4.79 Å². The lowest BCUT2D eigenvalue weighted by Crippen LogP contribution is -2.12. The topological polar surface area (TPSA) is 49.7 Å². The number of aliphatic imine (C=N–C) groups is 1. The highest BCUT2D eigenvalue weighted by Crippen LogP contribution is 1.96. The van der Waals surface area contributed by atoms with Crippen LogP contribution in [0.15, 0.2) is 4.99 Å². The van der Waals surface area contributed by atoms with Crippen LogP contribution in [-0.4, -0.2) is 23.8 Å². The normalized spacial score (nSPS) is 10.7. The fraction of sp³-hybridized carbons (Fsp3) is 0.500. The van der Waals surface area contributed by atoms with Crippen molar-refractivity contribution in [3.63, 3.8) is 0 Å². The van der Waals surface area contributed by atoms with Gasteiger partial charge >= 0.3 is 5.97 Å². The minimum atomic E-state index is -0.954. The van der Waals surface area contributed by atoms with E-state index in [0.717, 1.165) is 0 Å². The molecule has 0 aliphatic rings. The Morgan fingerprint density at radius 2 is 2.36 bits per heavy atom. The molecule has 0 spiro atoms. The Morgan fingerprint density at radius 3 is 2.73 bits per heavy atom. The minimum Gasteiger partial charge on any atom is -0.477 e. The summed E-state index contributed by atoms with van der Waals surface area (Å²) in [4.78, 5) is 14.0. The summed E-state index contributed by atoms with van der Waals surface area (Å²) in [5.74, 6) is 1.48. The average molecular weight is 153 g/mol. The summed E-state index contributed by atoms with van der Waals surface area (Å²) in [5.41, 5.74) is 0.195. The monoisotopic (exact) mass is 153 g/mol. The zero-order chi connectivity index (χ0) is 8.69. The highest BCUT2D eigenvalue weighted by atomic mass is 16.4. The molecule has 3 heteroatoms. The van der Waals surface area contributed by atoms with Gasteiger partial charge in [0.1, 0.15) is 5.71 Å². The third kappa shape index (κ3) is 4.15. The van der Waals surface area contributed by atoms with Crippen molar-refractivity contribution in [3.05, 3.63) is 0 Å². The molecular formula is C8H11NO2. The van der Waals surface area contributed by atoms with Crippen molar-refractivity contribution in [2.24, 2.45) is 4.99 Å². The zero-order valence-corrected chi connectivity index (χ0v) is 6.50. The molecule has 0 aromatic heterocycles. The molecule has 3 nitrogen and oxygen atoms in total. The molecular weight excluding hydrogens is 142 g/mol. The fourth-order valence-electron chi connectivity index (χ4n) is 0.672. The lowest BCUT2D eigenvalue weighted by Gasteiger charge is -1.96. The van der Waals surface area contributed by atoms with Crippen molar-refractivity contribution in [2.75, 3.05) is 7.05 Å². The van der Waals surface area contributed by atoms with Crippen LogP contribution in [0, 0.1) is 12.3 Å². The number of carboxylic acid groups (broad SMARTS) is 1. The van der Waals surface area contributed by atoms with Crippen LogP contribution >= 0.6 is 0 Å². The van der Waals surface area contributed by atoms with Crippen LogP contribution in [0.1, 0.15) is 19.3 Å². The van der Waals surface area contributed by atoms with E-state index in [0.29, 0.717) is 19.3 Å². The molecule has 0 atom stereocenters. The Hall–Kier alpha value is -1.30. The molecule has 0 heterocycles. The first-order valence-electron chi connectivity index (χ1n) is 3.34. The van der Waals surface area contributed by atoms with E-state index >= 15 is 0 Å². The maximum Gasteiger partial charge on any atom is 0.349 e. The molecule has 0 aliphatic heterocycles. The van der Waals surface area contributed by atoms with Gasteiger partial charge < -0.3 is 5.11 Å². The van der Waals surface area contributed by atoms with Crippen molar-refractivity contribution in [2.45, 2.75) is 19.3 Å². The van der Waals surface area contributed by atoms with Crippen LogP contribution in [0.4, 0.5) is 0 Å². The first-order valence-corrected chi connectivity index (χ1v) is 3.34. The third-order valence-electron chi connectivity index (χ3n) is 1.25. The second kappa shape index (κ2) is 5.48. The Bertz CT molecular complexity index is 201. The van der Waals surface area contributed by atoms with Gasteiger partial charge in [-0.3, -0.25) is 4.99 Å².